The molecule has 246 valence electrons. The van der Waals surface area contributed by atoms with Crippen LogP contribution in [0.3, 0.4) is 0 Å². The third-order valence-corrected chi connectivity index (χ3v) is 8.22. The van der Waals surface area contributed by atoms with Crippen LogP contribution >= 0.6 is 11.6 Å². The molecular weight excluding hydrogens is 636 g/mol. The van der Waals surface area contributed by atoms with E-state index in [-0.39, 0.29) is 59.5 Å². The lowest BCUT2D eigenvalue weighted by Gasteiger charge is -2.35. The third kappa shape index (κ3) is 6.75. The van der Waals surface area contributed by atoms with Crippen molar-refractivity contribution in [1.82, 2.24) is 24.5 Å². The van der Waals surface area contributed by atoms with Crippen molar-refractivity contribution < 1.29 is 19.1 Å². The van der Waals surface area contributed by atoms with E-state index in [1.807, 2.05) is 24.3 Å². The largest absolute Gasteiger partial charge is 0.497 e. The van der Waals surface area contributed by atoms with E-state index in [1.165, 1.54) is 32.6 Å². The highest BCUT2D eigenvalue weighted by atomic mass is 35.5. The second kappa shape index (κ2) is 12.9. The van der Waals surface area contributed by atoms with E-state index >= 15 is 0 Å². The minimum Gasteiger partial charge on any atom is -0.497 e. The Morgan fingerprint density at radius 2 is 1.90 bits per heavy atom. The maximum Gasteiger partial charge on any atom is 0.410 e. The molecule has 0 spiro atoms. The van der Waals surface area contributed by atoms with Crippen LogP contribution in [0.4, 0.5) is 27.9 Å². The summed E-state index contributed by atoms with van der Waals surface area (Å²) in [6, 6.07) is 15.3. The van der Waals surface area contributed by atoms with Gasteiger partial charge in [0.15, 0.2) is 17.2 Å². The predicted octanol–water partition coefficient (Wildman–Crippen LogP) is 5.03. The maximum absolute atomic E-state index is 13.3. The van der Waals surface area contributed by atoms with Gasteiger partial charge in [-0.25, -0.2) is 9.78 Å². The van der Waals surface area contributed by atoms with E-state index < -0.39 is 11.7 Å². The van der Waals surface area contributed by atoms with E-state index in [9.17, 15) is 20.1 Å². The summed E-state index contributed by atoms with van der Waals surface area (Å²) in [7, 11) is 1.62. The van der Waals surface area contributed by atoms with Crippen LogP contribution in [0.25, 0.3) is 5.65 Å². The molecule has 0 radical (unpaired) electrons. The van der Waals surface area contributed by atoms with E-state index in [0.717, 1.165) is 24.2 Å². The molecule has 1 aliphatic heterocycles. The number of imidazole rings is 1. The van der Waals surface area contributed by atoms with Crippen molar-refractivity contribution >= 4 is 52.4 Å². The van der Waals surface area contributed by atoms with Gasteiger partial charge in [-0.05, 0) is 63.4 Å². The summed E-state index contributed by atoms with van der Waals surface area (Å²) in [5.74, 6) is 0.998. The zero-order chi connectivity index (χ0) is 34.2. The number of rotatable bonds is 8. The monoisotopic (exact) mass is 668 g/mol. The smallest absolute Gasteiger partial charge is 0.410 e. The fraction of sp³-hybridized carbons (Fsp3) is 0.364. The number of methoxy groups -OCH3 is 1. The SMILES string of the molecule is COc1ccc(CN(c2nc(Nc3cc(C#N)cc(N4CCN(C(=O)OC(C)(C)C)CC4=O)c3Cl)nn3c(C#N)cnc23)C2CC2)cc1. The first kappa shape index (κ1) is 32.3. The molecule has 14 nitrogen and oxygen atoms in total. The van der Waals surface area contributed by atoms with Crippen LogP contribution in [-0.4, -0.2) is 74.9 Å². The van der Waals surface area contributed by atoms with Gasteiger partial charge in [0.2, 0.25) is 11.9 Å². The Hall–Kier alpha value is -5.60. The van der Waals surface area contributed by atoms with E-state index in [0.29, 0.717) is 23.7 Å². The second-order valence-corrected chi connectivity index (χ2v) is 12.9. The summed E-state index contributed by atoms with van der Waals surface area (Å²) >= 11 is 6.90. The first-order chi connectivity index (χ1) is 23.0. The molecule has 2 fully saturated rings. The zero-order valence-corrected chi connectivity index (χ0v) is 27.7. The molecule has 4 aromatic rings. The average molecular weight is 669 g/mol. The van der Waals surface area contributed by atoms with Crippen LogP contribution in [0.5, 0.6) is 5.75 Å². The molecule has 2 amide bonds. The molecule has 3 heterocycles. The number of nitrogens with one attached hydrogen (secondary N) is 1. The number of benzene rings is 2. The standard InChI is InChI=1S/C33H33ClN10O4/c1-33(2,3)48-32(46)41-11-12-42(27(45)19-41)26-14-21(15-35)13-25(28(26)34)38-31-39-30(29-37-17-23(16-36)44(29)40-31)43(22-7-8-22)18-20-5-9-24(47-4)10-6-20/h5-6,9-10,13-14,17,22H,7-8,11-12,18-19H2,1-4H3,(H,38,40). The number of fused-ring (bicyclic) bond motifs is 1. The van der Waals surface area contributed by atoms with Crippen molar-refractivity contribution in [3.05, 3.63) is 64.4 Å². The second-order valence-electron chi connectivity index (χ2n) is 12.5. The summed E-state index contributed by atoms with van der Waals surface area (Å²) in [4.78, 5) is 40.2. The molecule has 2 aromatic heterocycles. The van der Waals surface area contributed by atoms with Gasteiger partial charge in [-0.2, -0.15) is 20.0 Å². The molecule has 1 N–H and O–H groups in total. The molecule has 6 rings (SSSR count). The van der Waals surface area contributed by atoms with Gasteiger partial charge in [0.1, 0.15) is 24.0 Å². The topological polar surface area (TPSA) is 165 Å². The van der Waals surface area contributed by atoms with Gasteiger partial charge in [-0.15, -0.1) is 5.10 Å². The zero-order valence-electron chi connectivity index (χ0n) is 26.9. The van der Waals surface area contributed by atoms with Crippen molar-refractivity contribution in [3.63, 3.8) is 0 Å². The summed E-state index contributed by atoms with van der Waals surface area (Å²) in [5.41, 5.74) is 1.78. The van der Waals surface area contributed by atoms with Crippen LogP contribution in [-0.2, 0) is 16.1 Å². The number of amides is 2. The highest BCUT2D eigenvalue weighted by Crippen LogP contribution is 2.38. The molecular formula is C33H33ClN10O4. The Kier molecular flexibility index (Phi) is 8.69. The number of nitriles is 2. The first-order valence-electron chi connectivity index (χ1n) is 15.3. The molecule has 0 atom stereocenters. The van der Waals surface area contributed by atoms with Gasteiger partial charge in [-0.3, -0.25) is 9.69 Å². The Balaban J connectivity index is 1.33. The Labute approximate surface area is 282 Å². The number of ether oxygens (including phenoxy) is 2. The number of carbonyl (C=O) groups excluding carboxylic acids is 2. The van der Waals surface area contributed by atoms with Gasteiger partial charge in [-0.1, -0.05) is 23.7 Å². The highest BCUT2D eigenvalue weighted by molar-refractivity contribution is 6.36. The Morgan fingerprint density at radius 1 is 1.15 bits per heavy atom. The van der Waals surface area contributed by atoms with E-state index in [2.05, 4.69) is 32.4 Å². The number of hydrogen-bond donors (Lipinski definition) is 1. The van der Waals surface area contributed by atoms with E-state index in [4.69, 9.17) is 26.1 Å². The number of halogens is 1. The Morgan fingerprint density at radius 3 is 2.52 bits per heavy atom. The fourth-order valence-corrected chi connectivity index (χ4v) is 5.63. The maximum atomic E-state index is 13.3. The number of anilines is 4. The summed E-state index contributed by atoms with van der Waals surface area (Å²) in [6.07, 6.45) is 2.80. The van der Waals surface area contributed by atoms with Gasteiger partial charge in [0.25, 0.3) is 0 Å². The minimum absolute atomic E-state index is 0.108. The lowest BCUT2D eigenvalue weighted by Crippen LogP contribution is -2.53. The highest BCUT2D eigenvalue weighted by Gasteiger charge is 2.34. The number of carbonyl (C=O) groups is 2. The third-order valence-electron chi connectivity index (χ3n) is 7.82. The van der Waals surface area contributed by atoms with Crippen molar-refractivity contribution in [2.45, 2.75) is 51.8 Å². The van der Waals surface area contributed by atoms with Crippen LogP contribution in [0.1, 0.15) is 50.4 Å². The number of aromatic nitrogens is 4. The molecule has 48 heavy (non-hydrogen) atoms. The van der Waals surface area contributed by atoms with Crippen LogP contribution in [0, 0.1) is 22.7 Å². The molecule has 2 aromatic carbocycles. The summed E-state index contributed by atoms with van der Waals surface area (Å²) in [6.45, 7) is 5.94. The van der Waals surface area contributed by atoms with Gasteiger partial charge < -0.3 is 24.6 Å². The van der Waals surface area contributed by atoms with Gasteiger partial charge in [0, 0.05) is 25.7 Å². The molecule has 1 aliphatic carbocycles. The molecule has 1 saturated heterocycles. The predicted molar refractivity (Wildman–Crippen MR) is 177 cm³/mol. The molecule has 15 heteroatoms. The normalized spacial score (nSPS) is 14.8. The summed E-state index contributed by atoms with van der Waals surface area (Å²) in [5, 5.41) is 27.5. The molecule has 0 unspecified atom stereocenters. The lowest BCUT2D eigenvalue weighted by molar-refractivity contribution is -0.121. The summed E-state index contributed by atoms with van der Waals surface area (Å²) < 4.78 is 12.2. The molecule has 2 aliphatic rings. The molecule has 0 bridgehead atoms. The van der Waals surface area contributed by atoms with Crippen LogP contribution < -0.4 is 19.9 Å². The lowest BCUT2D eigenvalue weighted by atomic mass is 10.1. The van der Waals surface area contributed by atoms with Crippen molar-refractivity contribution in [1.29, 1.82) is 10.5 Å². The molecule has 1 saturated carbocycles. The van der Waals surface area contributed by atoms with Gasteiger partial charge in [0.05, 0.1) is 41.3 Å². The van der Waals surface area contributed by atoms with E-state index in [1.54, 1.807) is 27.9 Å². The van der Waals surface area contributed by atoms with Crippen molar-refractivity contribution in [2.24, 2.45) is 0 Å². The number of piperazine rings is 1. The van der Waals surface area contributed by atoms with Crippen molar-refractivity contribution in [3.8, 4) is 17.9 Å². The van der Waals surface area contributed by atoms with Gasteiger partial charge >= 0.3 is 6.09 Å². The fourth-order valence-electron chi connectivity index (χ4n) is 5.37. The first-order valence-corrected chi connectivity index (χ1v) is 15.7. The van der Waals surface area contributed by atoms with Crippen molar-refractivity contribution in [2.75, 3.05) is 41.9 Å². The number of nitrogens with zero attached hydrogens (tertiary/aromatic N) is 9. The van der Waals surface area contributed by atoms with Crippen LogP contribution in [0.15, 0.2) is 42.6 Å². The van der Waals surface area contributed by atoms with Crippen LogP contribution in [0.2, 0.25) is 5.02 Å². The number of hydrogen-bond acceptors (Lipinski definition) is 11. The average Bonchev–Trinajstić information content (AvgIpc) is 3.82. The quantitative estimate of drug-likeness (QED) is 0.268. The minimum atomic E-state index is -0.705. The Bertz CT molecular complexity index is 1970.